The molecule has 1 amide bonds. The van der Waals surface area contributed by atoms with E-state index in [9.17, 15) is 13.2 Å². The molecular formula is C23H28ClN3O3S. The van der Waals surface area contributed by atoms with Crippen LogP contribution in [0.25, 0.3) is 6.08 Å². The molecule has 1 saturated heterocycles. The second-order valence-electron chi connectivity index (χ2n) is 7.38. The predicted molar refractivity (Wildman–Crippen MR) is 124 cm³/mol. The van der Waals surface area contributed by atoms with Gasteiger partial charge in [-0.2, -0.15) is 4.31 Å². The Kier molecular flexibility index (Phi) is 8.26. The maximum atomic E-state index is 12.9. The smallest absolute Gasteiger partial charge is 0.243 e. The molecule has 31 heavy (non-hydrogen) atoms. The van der Waals surface area contributed by atoms with Gasteiger partial charge in [0.2, 0.25) is 15.9 Å². The molecule has 8 heteroatoms. The summed E-state index contributed by atoms with van der Waals surface area (Å²) < 4.78 is 27.0. The number of hydrogen-bond donors (Lipinski definition) is 0. The molecule has 2 aromatic rings. The van der Waals surface area contributed by atoms with Crippen LogP contribution in [0.4, 0.5) is 0 Å². The molecule has 0 radical (unpaired) electrons. The maximum Gasteiger partial charge on any atom is 0.243 e. The van der Waals surface area contributed by atoms with Crippen molar-refractivity contribution >= 4 is 33.6 Å². The first-order valence-corrected chi connectivity index (χ1v) is 12.2. The van der Waals surface area contributed by atoms with Crippen LogP contribution in [0, 0.1) is 0 Å². The van der Waals surface area contributed by atoms with Crippen molar-refractivity contribution in [2.75, 3.05) is 45.8 Å². The quantitative estimate of drug-likeness (QED) is 0.605. The van der Waals surface area contributed by atoms with Gasteiger partial charge in [0.25, 0.3) is 0 Å². The fraction of sp³-hybridized carbons (Fsp3) is 0.348. The Morgan fingerprint density at radius 2 is 1.68 bits per heavy atom. The normalized spacial score (nSPS) is 15.6. The summed E-state index contributed by atoms with van der Waals surface area (Å²) >= 11 is 5.86. The van der Waals surface area contributed by atoms with Crippen LogP contribution in [0.1, 0.15) is 12.5 Å². The number of halogens is 1. The SMILES string of the molecule is CCN(CC(=O)N1CCN(C/C=C/c2ccccc2)CC1)S(=O)(=O)c1ccc(Cl)cc1. The monoisotopic (exact) mass is 461 g/mol. The highest BCUT2D eigenvalue weighted by Crippen LogP contribution is 2.18. The molecule has 3 rings (SSSR count). The molecule has 0 unspecified atom stereocenters. The predicted octanol–water partition coefficient (Wildman–Crippen LogP) is 3.21. The van der Waals surface area contributed by atoms with Crippen LogP contribution in [0.5, 0.6) is 0 Å². The summed E-state index contributed by atoms with van der Waals surface area (Å²) in [6.45, 7) is 5.34. The molecule has 166 valence electrons. The number of benzene rings is 2. The van der Waals surface area contributed by atoms with Crippen molar-refractivity contribution in [2.24, 2.45) is 0 Å². The van der Waals surface area contributed by atoms with Gasteiger partial charge in [-0.15, -0.1) is 0 Å². The summed E-state index contributed by atoms with van der Waals surface area (Å²) in [4.78, 5) is 16.9. The Hall–Kier alpha value is -2.19. The average molecular weight is 462 g/mol. The van der Waals surface area contributed by atoms with Gasteiger partial charge in [0.15, 0.2) is 0 Å². The van der Waals surface area contributed by atoms with Gasteiger partial charge in [-0.1, -0.05) is 61.0 Å². The largest absolute Gasteiger partial charge is 0.339 e. The third kappa shape index (κ3) is 6.40. The van der Waals surface area contributed by atoms with Crippen molar-refractivity contribution in [3.05, 3.63) is 71.3 Å². The topological polar surface area (TPSA) is 60.9 Å². The summed E-state index contributed by atoms with van der Waals surface area (Å²) in [6, 6.07) is 16.1. The third-order valence-corrected chi connectivity index (χ3v) is 7.50. The Labute approximate surface area is 189 Å². The van der Waals surface area contributed by atoms with Gasteiger partial charge in [0.05, 0.1) is 11.4 Å². The number of carbonyl (C=O) groups is 1. The first kappa shape index (κ1) is 23.5. The molecule has 0 bridgehead atoms. The van der Waals surface area contributed by atoms with Crippen molar-refractivity contribution < 1.29 is 13.2 Å². The van der Waals surface area contributed by atoms with Crippen LogP contribution >= 0.6 is 11.6 Å². The molecule has 1 aliphatic heterocycles. The third-order valence-electron chi connectivity index (χ3n) is 5.31. The minimum Gasteiger partial charge on any atom is -0.339 e. The van der Waals surface area contributed by atoms with E-state index >= 15 is 0 Å². The summed E-state index contributed by atoms with van der Waals surface area (Å²) in [5, 5.41) is 0.467. The van der Waals surface area contributed by atoms with Gasteiger partial charge in [-0.25, -0.2) is 8.42 Å². The van der Waals surface area contributed by atoms with Gasteiger partial charge in [-0.3, -0.25) is 9.69 Å². The molecule has 2 aromatic carbocycles. The molecule has 0 saturated carbocycles. The van der Waals surface area contributed by atoms with Gasteiger partial charge in [0.1, 0.15) is 0 Å². The number of piperazine rings is 1. The van der Waals surface area contributed by atoms with E-state index in [-0.39, 0.29) is 23.9 Å². The van der Waals surface area contributed by atoms with E-state index in [1.807, 2.05) is 18.2 Å². The lowest BCUT2D eigenvalue weighted by molar-refractivity contribution is -0.133. The highest BCUT2D eigenvalue weighted by molar-refractivity contribution is 7.89. The molecular weight excluding hydrogens is 434 g/mol. The average Bonchev–Trinajstić information content (AvgIpc) is 2.78. The fourth-order valence-corrected chi connectivity index (χ4v) is 4.98. The van der Waals surface area contributed by atoms with Crippen LogP contribution in [0.2, 0.25) is 5.02 Å². The summed E-state index contributed by atoms with van der Waals surface area (Å²) in [7, 11) is -3.74. The molecule has 0 N–H and O–H groups in total. The lowest BCUT2D eigenvalue weighted by atomic mass is 10.2. The van der Waals surface area contributed by atoms with E-state index in [1.165, 1.54) is 28.6 Å². The van der Waals surface area contributed by atoms with Crippen LogP contribution in [-0.2, 0) is 14.8 Å². The molecule has 0 spiro atoms. The first-order valence-electron chi connectivity index (χ1n) is 10.4. The van der Waals surface area contributed by atoms with E-state index in [0.29, 0.717) is 18.1 Å². The molecule has 6 nitrogen and oxygen atoms in total. The van der Waals surface area contributed by atoms with E-state index in [2.05, 4.69) is 29.2 Å². The Bertz CT molecular complexity index is 986. The van der Waals surface area contributed by atoms with Crippen LogP contribution in [0.15, 0.2) is 65.6 Å². The number of carbonyl (C=O) groups excluding carboxylic acids is 1. The van der Waals surface area contributed by atoms with Gasteiger partial charge in [0, 0.05) is 44.3 Å². The zero-order valence-corrected chi connectivity index (χ0v) is 19.2. The molecule has 1 fully saturated rings. The minimum absolute atomic E-state index is 0.140. The zero-order valence-electron chi connectivity index (χ0n) is 17.7. The van der Waals surface area contributed by atoms with Crippen molar-refractivity contribution in [1.29, 1.82) is 0 Å². The Morgan fingerprint density at radius 1 is 1.03 bits per heavy atom. The highest BCUT2D eigenvalue weighted by atomic mass is 35.5. The molecule has 0 aliphatic carbocycles. The molecule has 1 heterocycles. The van der Waals surface area contributed by atoms with Crippen LogP contribution in [-0.4, -0.2) is 74.2 Å². The summed E-state index contributed by atoms with van der Waals surface area (Å²) in [5.74, 6) is -0.168. The molecule has 0 atom stereocenters. The van der Waals surface area contributed by atoms with Crippen molar-refractivity contribution in [3.63, 3.8) is 0 Å². The molecule has 0 aromatic heterocycles. The first-order chi connectivity index (χ1) is 14.9. The summed E-state index contributed by atoms with van der Waals surface area (Å²) in [6.07, 6.45) is 4.22. The molecule has 1 aliphatic rings. The Balaban J connectivity index is 1.51. The van der Waals surface area contributed by atoms with E-state index in [1.54, 1.807) is 11.8 Å². The Morgan fingerprint density at radius 3 is 2.29 bits per heavy atom. The van der Waals surface area contributed by atoms with Gasteiger partial charge < -0.3 is 4.90 Å². The van der Waals surface area contributed by atoms with Gasteiger partial charge >= 0.3 is 0 Å². The lowest BCUT2D eigenvalue weighted by Crippen LogP contribution is -2.51. The van der Waals surface area contributed by atoms with Crippen LogP contribution < -0.4 is 0 Å². The van der Waals surface area contributed by atoms with E-state index < -0.39 is 10.0 Å². The van der Waals surface area contributed by atoms with Gasteiger partial charge in [-0.05, 0) is 29.8 Å². The van der Waals surface area contributed by atoms with Crippen molar-refractivity contribution in [2.45, 2.75) is 11.8 Å². The van der Waals surface area contributed by atoms with E-state index in [4.69, 9.17) is 11.6 Å². The maximum absolute atomic E-state index is 12.9. The number of amides is 1. The second-order valence-corrected chi connectivity index (χ2v) is 9.75. The van der Waals surface area contributed by atoms with Crippen molar-refractivity contribution in [3.8, 4) is 0 Å². The van der Waals surface area contributed by atoms with E-state index in [0.717, 1.165) is 25.2 Å². The highest BCUT2D eigenvalue weighted by Gasteiger charge is 2.28. The van der Waals surface area contributed by atoms with Crippen LogP contribution in [0.3, 0.4) is 0 Å². The lowest BCUT2D eigenvalue weighted by Gasteiger charge is -2.35. The number of rotatable bonds is 8. The minimum atomic E-state index is -3.74. The zero-order chi connectivity index (χ0) is 22.3. The number of hydrogen-bond acceptors (Lipinski definition) is 4. The van der Waals surface area contributed by atoms with Crippen molar-refractivity contribution in [1.82, 2.24) is 14.1 Å². The number of nitrogens with zero attached hydrogens (tertiary/aromatic N) is 3. The fourth-order valence-electron chi connectivity index (χ4n) is 3.46. The number of likely N-dealkylation sites (N-methyl/N-ethyl adjacent to an activating group) is 1. The number of sulfonamides is 1. The second kappa shape index (κ2) is 10.9. The summed E-state index contributed by atoms with van der Waals surface area (Å²) in [5.41, 5.74) is 1.16. The standard InChI is InChI=1S/C23H28ClN3O3S/c1-2-27(31(29,30)22-12-10-21(24)11-13-22)19-23(28)26-17-15-25(16-18-26)14-6-9-20-7-4-3-5-8-20/h3-13H,2,14-19H2,1H3/b9-6+.